The normalized spacial score (nSPS) is 14.8. The Balaban J connectivity index is 2.08. The molecule has 0 aromatic heterocycles. The quantitative estimate of drug-likeness (QED) is 0.855. The number of nitrogens with zero attached hydrogens (tertiary/aromatic N) is 2. The monoisotopic (exact) mass is 351 g/mol. The van der Waals surface area contributed by atoms with E-state index >= 15 is 0 Å². The fourth-order valence-corrected chi connectivity index (χ4v) is 2.84. The van der Waals surface area contributed by atoms with Crippen LogP contribution in [0.4, 0.5) is 0 Å². The van der Waals surface area contributed by atoms with E-state index in [0.29, 0.717) is 36.1 Å². The topological polar surface area (TPSA) is 52.7 Å². The van der Waals surface area contributed by atoms with Crippen LogP contribution >= 0.6 is 11.6 Å². The van der Waals surface area contributed by atoms with Crippen molar-refractivity contribution in [1.29, 1.82) is 0 Å². The number of hydrogen-bond donors (Lipinski definition) is 1. The van der Waals surface area contributed by atoms with Crippen LogP contribution < -0.4 is 5.32 Å². The maximum absolute atomic E-state index is 12.8. The molecule has 6 heteroatoms. The van der Waals surface area contributed by atoms with Crippen molar-refractivity contribution in [3.05, 3.63) is 34.9 Å². The number of carbonyl (C=O) groups is 2. The zero-order valence-corrected chi connectivity index (χ0v) is 15.2. The van der Waals surface area contributed by atoms with Gasteiger partial charge >= 0.3 is 0 Å². The largest absolute Gasteiger partial charge is 0.339 e. The molecule has 1 saturated heterocycles. The molecule has 0 bridgehead atoms. The first-order chi connectivity index (χ1) is 11.5. The number of carbonyl (C=O) groups excluding carboxylic acids is 2. The van der Waals surface area contributed by atoms with Crippen molar-refractivity contribution in [1.82, 2.24) is 15.1 Å². The van der Waals surface area contributed by atoms with Gasteiger partial charge < -0.3 is 15.1 Å². The van der Waals surface area contributed by atoms with E-state index in [9.17, 15) is 9.59 Å². The first kappa shape index (κ1) is 18.7. The highest BCUT2D eigenvalue weighted by Gasteiger charge is 2.23. The zero-order chi connectivity index (χ0) is 17.5. The number of benzene rings is 1. The van der Waals surface area contributed by atoms with Crippen LogP contribution in [0.25, 0.3) is 0 Å². The van der Waals surface area contributed by atoms with Crippen molar-refractivity contribution in [3.8, 4) is 0 Å². The number of nitrogens with one attached hydrogen (secondary N) is 1. The average Bonchev–Trinajstić information content (AvgIpc) is 2.58. The van der Waals surface area contributed by atoms with Crippen molar-refractivity contribution in [2.45, 2.75) is 20.3 Å². The van der Waals surface area contributed by atoms with Crippen LogP contribution in [-0.4, -0.2) is 60.9 Å². The van der Waals surface area contributed by atoms with E-state index in [4.69, 9.17) is 11.6 Å². The first-order valence-electron chi connectivity index (χ1n) is 8.50. The van der Waals surface area contributed by atoms with Gasteiger partial charge in [0.2, 0.25) is 5.91 Å². The Morgan fingerprint density at radius 3 is 2.62 bits per heavy atom. The molecule has 0 unspecified atom stereocenters. The van der Waals surface area contributed by atoms with Gasteiger partial charge in [-0.2, -0.15) is 0 Å². The second-order valence-electron chi connectivity index (χ2n) is 6.55. The lowest BCUT2D eigenvalue weighted by atomic mass is 10.1. The Bertz CT molecular complexity index is 571. The highest BCUT2D eigenvalue weighted by molar-refractivity contribution is 6.30. The first-order valence-corrected chi connectivity index (χ1v) is 8.88. The summed E-state index contributed by atoms with van der Waals surface area (Å²) in [7, 11) is 0. The maximum atomic E-state index is 12.8. The number of hydrogen-bond acceptors (Lipinski definition) is 3. The predicted molar refractivity (Wildman–Crippen MR) is 96.3 cm³/mol. The molecule has 0 saturated carbocycles. The smallest absolute Gasteiger partial charge is 0.254 e. The minimum atomic E-state index is -0.137. The molecule has 0 atom stereocenters. The Morgan fingerprint density at radius 2 is 2.00 bits per heavy atom. The van der Waals surface area contributed by atoms with E-state index in [1.165, 1.54) is 0 Å². The molecule has 0 spiro atoms. The molecule has 24 heavy (non-hydrogen) atoms. The van der Waals surface area contributed by atoms with Gasteiger partial charge in [-0.1, -0.05) is 31.5 Å². The second kappa shape index (κ2) is 9.04. The van der Waals surface area contributed by atoms with Crippen LogP contribution in [0, 0.1) is 5.92 Å². The summed E-state index contributed by atoms with van der Waals surface area (Å²) in [5, 5.41) is 3.75. The van der Waals surface area contributed by atoms with Gasteiger partial charge in [-0.25, -0.2) is 0 Å². The van der Waals surface area contributed by atoms with Crippen LogP contribution in [0.15, 0.2) is 24.3 Å². The average molecular weight is 352 g/mol. The lowest BCUT2D eigenvalue weighted by molar-refractivity contribution is -0.132. The van der Waals surface area contributed by atoms with Crippen molar-refractivity contribution in [2.24, 2.45) is 5.92 Å². The Morgan fingerprint density at radius 1 is 1.29 bits per heavy atom. The van der Waals surface area contributed by atoms with Crippen LogP contribution in [0.3, 0.4) is 0 Å². The van der Waals surface area contributed by atoms with Crippen LogP contribution in [0.2, 0.25) is 5.02 Å². The molecule has 1 aliphatic heterocycles. The standard InChI is InChI=1S/C18H26ClN3O2/c1-14(2)6-9-22(13-17(23)21-10-7-20-8-11-21)18(24)15-4-3-5-16(19)12-15/h3-5,12,14,20H,6-11,13H2,1-2H3. The summed E-state index contributed by atoms with van der Waals surface area (Å²) in [6.45, 7) is 7.92. The van der Waals surface area contributed by atoms with Crippen LogP contribution in [-0.2, 0) is 4.79 Å². The van der Waals surface area contributed by atoms with Gasteiger partial charge in [0.05, 0.1) is 0 Å². The maximum Gasteiger partial charge on any atom is 0.254 e. The van der Waals surface area contributed by atoms with E-state index in [1.807, 2.05) is 4.90 Å². The van der Waals surface area contributed by atoms with E-state index in [0.717, 1.165) is 19.5 Å². The molecule has 0 radical (unpaired) electrons. The minimum absolute atomic E-state index is 0.00985. The molecule has 1 aromatic rings. The Hall–Kier alpha value is -1.59. The van der Waals surface area contributed by atoms with Gasteiger partial charge in [-0.05, 0) is 30.5 Å². The molecular formula is C18H26ClN3O2. The highest BCUT2D eigenvalue weighted by Crippen LogP contribution is 2.14. The molecule has 2 rings (SSSR count). The fourth-order valence-electron chi connectivity index (χ4n) is 2.65. The number of amides is 2. The molecule has 1 aromatic carbocycles. The number of halogens is 1. The van der Waals surface area contributed by atoms with E-state index in [2.05, 4.69) is 19.2 Å². The van der Waals surface area contributed by atoms with Crippen LogP contribution in [0.5, 0.6) is 0 Å². The summed E-state index contributed by atoms with van der Waals surface area (Å²) in [5.74, 6) is 0.339. The molecule has 1 N–H and O–H groups in total. The van der Waals surface area contributed by atoms with Gasteiger partial charge in [0.1, 0.15) is 6.54 Å². The van der Waals surface area contributed by atoms with Gasteiger partial charge in [0, 0.05) is 43.3 Å². The molecular weight excluding hydrogens is 326 g/mol. The fraction of sp³-hybridized carbons (Fsp3) is 0.556. The third-order valence-corrected chi connectivity index (χ3v) is 4.37. The van der Waals surface area contributed by atoms with E-state index in [-0.39, 0.29) is 18.4 Å². The molecule has 5 nitrogen and oxygen atoms in total. The third kappa shape index (κ3) is 5.49. The highest BCUT2D eigenvalue weighted by atomic mass is 35.5. The molecule has 132 valence electrons. The second-order valence-corrected chi connectivity index (χ2v) is 6.99. The molecule has 1 heterocycles. The summed E-state index contributed by atoms with van der Waals surface area (Å²) in [5.41, 5.74) is 0.527. The van der Waals surface area contributed by atoms with E-state index in [1.54, 1.807) is 29.2 Å². The molecule has 0 aliphatic carbocycles. The van der Waals surface area contributed by atoms with Crippen molar-refractivity contribution in [3.63, 3.8) is 0 Å². The summed E-state index contributed by atoms with van der Waals surface area (Å²) in [6, 6.07) is 6.89. The number of piperazine rings is 1. The van der Waals surface area contributed by atoms with Crippen molar-refractivity contribution in [2.75, 3.05) is 39.3 Å². The van der Waals surface area contributed by atoms with Crippen LogP contribution in [0.1, 0.15) is 30.6 Å². The summed E-state index contributed by atoms with van der Waals surface area (Å²) in [6.07, 6.45) is 0.862. The third-order valence-electron chi connectivity index (χ3n) is 4.13. The Labute approximate surface area is 149 Å². The van der Waals surface area contributed by atoms with Crippen molar-refractivity contribution >= 4 is 23.4 Å². The summed E-state index contributed by atoms with van der Waals surface area (Å²) < 4.78 is 0. The Kier molecular flexibility index (Phi) is 7.06. The minimum Gasteiger partial charge on any atom is -0.339 e. The SMILES string of the molecule is CC(C)CCN(CC(=O)N1CCNCC1)C(=O)c1cccc(Cl)c1. The summed E-state index contributed by atoms with van der Waals surface area (Å²) >= 11 is 6.00. The predicted octanol–water partition coefficient (Wildman–Crippen LogP) is 2.26. The van der Waals surface area contributed by atoms with Gasteiger partial charge in [0.25, 0.3) is 5.91 Å². The molecule has 2 amide bonds. The molecule has 1 aliphatic rings. The van der Waals surface area contributed by atoms with Gasteiger partial charge in [-0.3, -0.25) is 9.59 Å². The number of rotatable bonds is 6. The lowest BCUT2D eigenvalue weighted by Gasteiger charge is -2.30. The molecule has 1 fully saturated rings. The summed E-state index contributed by atoms with van der Waals surface area (Å²) in [4.78, 5) is 28.8. The van der Waals surface area contributed by atoms with Gasteiger partial charge in [-0.15, -0.1) is 0 Å². The van der Waals surface area contributed by atoms with Crippen molar-refractivity contribution < 1.29 is 9.59 Å². The lowest BCUT2D eigenvalue weighted by Crippen LogP contribution is -2.50. The zero-order valence-electron chi connectivity index (χ0n) is 14.4. The van der Waals surface area contributed by atoms with E-state index < -0.39 is 0 Å². The van der Waals surface area contributed by atoms with Gasteiger partial charge in [0.15, 0.2) is 0 Å².